The molecule has 1 atom stereocenters. The number of hydrogen-bond donors (Lipinski definition) is 1. The smallest absolute Gasteiger partial charge is 0.237 e. The lowest BCUT2D eigenvalue weighted by molar-refractivity contribution is -0.126. The summed E-state index contributed by atoms with van der Waals surface area (Å²) in [6, 6.07) is -0.185. The molecular weight excluding hydrogens is 144 g/mol. The molecule has 4 nitrogen and oxygen atoms in total. The molecule has 11 heavy (non-hydrogen) atoms. The Morgan fingerprint density at radius 2 is 2.18 bits per heavy atom. The lowest BCUT2D eigenvalue weighted by atomic mass is 10.3. The van der Waals surface area contributed by atoms with Crippen LogP contribution in [-0.4, -0.2) is 43.8 Å². The van der Waals surface area contributed by atoms with Crippen LogP contribution in [0.25, 0.3) is 0 Å². The van der Waals surface area contributed by atoms with E-state index >= 15 is 0 Å². The van der Waals surface area contributed by atoms with Gasteiger partial charge in [0.1, 0.15) is 6.29 Å². The number of nitrogens with one attached hydrogen (secondary N) is 1. The standard InChI is InChI=1S/C7H14N2O2/c1-6(9(2)3)7(11)8-4-5-10/h5-6H,4H2,1-3H3,(H,8,11). The van der Waals surface area contributed by atoms with Gasteiger partial charge < -0.3 is 10.1 Å². The van der Waals surface area contributed by atoms with Crippen LogP contribution in [0.1, 0.15) is 6.92 Å². The zero-order valence-electron chi connectivity index (χ0n) is 7.13. The SMILES string of the molecule is CC(C(=O)NCC=O)N(C)C. The third-order valence-electron chi connectivity index (χ3n) is 1.51. The second-order valence-corrected chi connectivity index (χ2v) is 2.55. The summed E-state index contributed by atoms with van der Waals surface area (Å²) in [5.74, 6) is -0.123. The lowest BCUT2D eigenvalue weighted by Crippen LogP contribution is -2.41. The molecule has 0 saturated carbocycles. The Morgan fingerprint density at radius 1 is 1.64 bits per heavy atom. The maximum absolute atomic E-state index is 11.0. The van der Waals surface area contributed by atoms with Gasteiger partial charge in [-0.15, -0.1) is 0 Å². The maximum atomic E-state index is 11.0. The second kappa shape index (κ2) is 4.85. The highest BCUT2D eigenvalue weighted by Crippen LogP contribution is 1.89. The first kappa shape index (κ1) is 10.1. The van der Waals surface area contributed by atoms with E-state index in [0.29, 0.717) is 6.29 Å². The number of carbonyl (C=O) groups excluding carboxylic acids is 2. The Hall–Kier alpha value is -0.900. The van der Waals surface area contributed by atoms with E-state index in [1.54, 1.807) is 11.8 Å². The van der Waals surface area contributed by atoms with Crippen molar-refractivity contribution in [2.45, 2.75) is 13.0 Å². The normalized spacial score (nSPS) is 12.7. The molecule has 0 aliphatic rings. The van der Waals surface area contributed by atoms with Crippen molar-refractivity contribution in [2.24, 2.45) is 0 Å². The van der Waals surface area contributed by atoms with Crippen LogP contribution in [0.3, 0.4) is 0 Å². The summed E-state index contributed by atoms with van der Waals surface area (Å²) in [5.41, 5.74) is 0. The number of rotatable bonds is 4. The predicted octanol–water partition coefficient (Wildman–Crippen LogP) is -0.748. The van der Waals surface area contributed by atoms with Gasteiger partial charge >= 0.3 is 0 Å². The number of likely N-dealkylation sites (N-methyl/N-ethyl adjacent to an activating group) is 1. The van der Waals surface area contributed by atoms with E-state index in [-0.39, 0.29) is 18.5 Å². The van der Waals surface area contributed by atoms with Crippen LogP contribution in [0, 0.1) is 0 Å². The molecule has 0 aliphatic carbocycles. The maximum Gasteiger partial charge on any atom is 0.237 e. The van der Waals surface area contributed by atoms with Crippen LogP contribution in [-0.2, 0) is 9.59 Å². The molecule has 64 valence electrons. The minimum atomic E-state index is -0.185. The molecule has 0 spiro atoms. The van der Waals surface area contributed by atoms with Crippen LogP contribution in [0.5, 0.6) is 0 Å². The number of nitrogens with zero attached hydrogens (tertiary/aromatic N) is 1. The molecule has 1 amide bonds. The molecule has 0 aromatic heterocycles. The largest absolute Gasteiger partial charge is 0.348 e. The molecular formula is C7H14N2O2. The zero-order chi connectivity index (χ0) is 8.85. The summed E-state index contributed by atoms with van der Waals surface area (Å²) in [5, 5.41) is 2.46. The first-order valence-electron chi connectivity index (χ1n) is 3.47. The van der Waals surface area contributed by atoms with Crippen molar-refractivity contribution in [3.63, 3.8) is 0 Å². The summed E-state index contributed by atoms with van der Waals surface area (Å²) in [4.78, 5) is 22.7. The molecule has 0 aliphatic heterocycles. The van der Waals surface area contributed by atoms with Gasteiger partial charge in [-0.3, -0.25) is 9.69 Å². The van der Waals surface area contributed by atoms with Crippen LogP contribution in [0.4, 0.5) is 0 Å². The molecule has 4 heteroatoms. The second-order valence-electron chi connectivity index (χ2n) is 2.55. The van der Waals surface area contributed by atoms with Crippen molar-refractivity contribution in [3.8, 4) is 0 Å². The molecule has 0 radical (unpaired) electrons. The molecule has 1 unspecified atom stereocenters. The summed E-state index contributed by atoms with van der Waals surface area (Å²) in [6.07, 6.45) is 0.667. The average molecular weight is 158 g/mol. The van der Waals surface area contributed by atoms with Gasteiger partial charge in [-0.05, 0) is 21.0 Å². The van der Waals surface area contributed by atoms with Gasteiger partial charge in [0, 0.05) is 0 Å². The zero-order valence-corrected chi connectivity index (χ0v) is 7.13. The summed E-state index contributed by atoms with van der Waals surface area (Å²) in [7, 11) is 3.62. The van der Waals surface area contributed by atoms with Crippen LogP contribution in [0.15, 0.2) is 0 Å². The first-order valence-corrected chi connectivity index (χ1v) is 3.47. The van der Waals surface area contributed by atoms with Gasteiger partial charge in [0.2, 0.25) is 5.91 Å². The van der Waals surface area contributed by atoms with Crippen LogP contribution in [0.2, 0.25) is 0 Å². The minimum Gasteiger partial charge on any atom is -0.348 e. The molecule has 0 aromatic carbocycles. The minimum absolute atomic E-state index is 0.0943. The van der Waals surface area contributed by atoms with E-state index < -0.39 is 0 Å². The van der Waals surface area contributed by atoms with Crippen molar-refractivity contribution in [2.75, 3.05) is 20.6 Å². The highest BCUT2D eigenvalue weighted by atomic mass is 16.2. The van der Waals surface area contributed by atoms with Gasteiger partial charge in [0.05, 0.1) is 12.6 Å². The third-order valence-corrected chi connectivity index (χ3v) is 1.51. The number of aldehydes is 1. The lowest BCUT2D eigenvalue weighted by Gasteiger charge is -2.17. The highest BCUT2D eigenvalue weighted by Gasteiger charge is 2.12. The molecule has 1 N–H and O–H groups in total. The van der Waals surface area contributed by atoms with Crippen molar-refractivity contribution in [3.05, 3.63) is 0 Å². The third kappa shape index (κ3) is 3.72. The summed E-state index contributed by atoms with van der Waals surface area (Å²) < 4.78 is 0. The molecule has 0 saturated heterocycles. The fraction of sp³-hybridized carbons (Fsp3) is 0.714. The number of amides is 1. The molecule has 0 bridgehead atoms. The van der Waals surface area contributed by atoms with E-state index in [1.165, 1.54) is 0 Å². The summed E-state index contributed by atoms with van der Waals surface area (Å²) in [6.45, 7) is 1.87. The van der Waals surface area contributed by atoms with Crippen molar-refractivity contribution in [1.29, 1.82) is 0 Å². The molecule has 0 fully saturated rings. The van der Waals surface area contributed by atoms with Gasteiger partial charge in [0.25, 0.3) is 0 Å². The number of hydrogen-bond acceptors (Lipinski definition) is 3. The van der Waals surface area contributed by atoms with Crippen molar-refractivity contribution >= 4 is 12.2 Å². The van der Waals surface area contributed by atoms with E-state index in [0.717, 1.165) is 0 Å². The van der Waals surface area contributed by atoms with E-state index in [9.17, 15) is 9.59 Å². The Labute approximate surface area is 66.6 Å². The van der Waals surface area contributed by atoms with Gasteiger partial charge in [-0.1, -0.05) is 0 Å². The van der Waals surface area contributed by atoms with Crippen LogP contribution < -0.4 is 5.32 Å². The first-order chi connectivity index (χ1) is 5.09. The fourth-order valence-electron chi connectivity index (χ4n) is 0.524. The van der Waals surface area contributed by atoms with Gasteiger partial charge in [-0.25, -0.2) is 0 Å². The Kier molecular flexibility index (Phi) is 4.45. The van der Waals surface area contributed by atoms with E-state index in [4.69, 9.17) is 0 Å². The quantitative estimate of drug-likeness (QED) is 0.548. The Morgan fingerprint density at radius 3 is 2.55 bits per heavy atom. The Bertz CT molecular complexity index is 145. The topological polar surface area (TPSA) is 49.4 Å². The fourth-order valence-corrected chi connectivity index (χ4v) is 0.524. The van der Waals surface area contributed by atoms with Crippen molar-refractivity contribution < 1.29 is 9.59 Å². The van der Waals surface area contributed by atoms with E-state index in [1.807, 2.05) is 14.1 Å². The van der Waals surface area contributed by atoms with Gasteiger partial charge in [-0.2, -0.15) is 0 Å². The molecule has 0 heterocycles. The summed E-state index contributed by atoms with van der Waals surface area (Å²) >= 11 is 0. The molecule has 0 aromatic rings. The van der Waals surface area contributed by atoms with Crippen molar-refractivity contribution in [1.82, 2.24) is 10.2 Å². The van der Waals surface area contributed by atoms with Crippen LogP contribution >= 0.6 is 0 Å². The molecule has 0 rings (SSSR count). The Balaban J connectivity index is 3.73. The van der Waals surface area contributed by atoms with E-state index in [2.05, 4.69) is 5.32 Å². The monoisotopic (exact) mass is 158 g/mol. The average Bonchev–Trinajstić information content (AvgIpc) is 1.98. The predicted molar refractivity (Wildman–Crippen MR) is 42.2 cm³/mol. The van der Waals surface area contributed by atoms with Gasteiger partial charge in [0.15, 0.2) is 0 Å². The number of carbonyl (C=O) groups is 2. The highest BCUT2D eigenvalue weighted by molar-refractivity contribution is 5.82.